The van der Waals surface area contributed by atoms with Gasteiger partial charge in [0.1, 0.15) is 5.75 Å². The van der Waals surface area contributed by atoms with Crippen LogP contribution in [0.25, 0.3) is 10.9 Å². The van der Waals surface area contributed by atoms with E-state index in [1.807, 2.05) is 18.2 Å². The lowest BCUT2D eigenvalue weighted by atomic mass is 9.92. The summed E-state index contributed by atoms with van der Waals surface area (Å²) in [6.07, 6.45) is 10.9. The molecule has 2 saturated carbocycles. The fraction of sp³-hybridized carbons (Fsp3) is 0.630. The number of ether oxygens (including phenoxy) is 2. The highest BCUT2D eigenvalue weighted by Crippen LogP contribution is 2.32. The van der Waals surface area contributed by atoms with Gasteiger partial charge in [-0.15, -0.1) is 0 Å². The maximum atomic E-state index is 12.4. The minimum Gasteiger partial charge on any atom is -0.493 e. The summed E-state index contributed by atoms with van der Waals surface area (Å²) in [5.41, 5.74) is 3.01. The Kier molecular flexibility index (Phi) is 8.01. The molecule has 1 amide bonds. The molecule has 2 aliphatic rings. The molecular formula is C27H38N2O3. The molecule has 2 fully saturated rings. The lowest BCUT2D eigenvalue weighted by Gasteiger charge is -2.30. The number of hydrogen-bond acceptors (Lipinski definition) is 4. The number of unbranched alkanes of at least 4 members (excludes halogenated alkanes) is 1. The van der Waals surface area contributed by atoms with Crippen LogP contribution in [0.4, 0.5) is 0 Å². The number of hydrogen-bond donors (Lipinski definition) is 1. The zero-order chi connectivity index (χ0) is 22.3. The lowest BCUT2D eigenvalue weighted by molar-refractivity contribution is -0.126. The highest BCUT2D eigenvalue weighted by atomic mass is 16.5. The zero-order valence-corrected chi connectivity index (χ0v) is 19.7. The Labute approximate surface area is 192 Å². The molecule has 1 N–H and O–H groups in total. The van der Waals surface area contributed by atoms with E-state index in [2.05, 4.69) is 25.2 Å². The smallest absolute Gasteiger partial charge is 0.223 e. The van der Waals surface area contributed by atoms with Gasteiger partial charge in [0.25, 0.3) is 0 Å². The van der Waals surface area contributed by atoms with E-state index < -0.39 is 0 Å². The molecule has 0 unspecified atom stereocenters. The van der Waals surface area contributed by atoms with Crippen LogP contribution in [0.2, 0.25) is 0 Å². The number of aromatic nitrogens is 1. The van der Waals surface area contributed by atoms with Gasteiger partial charge in [0.05, 0.1) is 30.5 Å². The molecule has 2 aliphatic carbocycles. The molecule has 1 aromatic carbocycles. The summed E-state index contributed by atoms with van der Waals surface area (Å²) < 4.78 is 12.5. The van der Waals surface area contributed by atoms with E-state index in [-0.39, 0.29) is 17.9 Å². The average Bonchev–Trinajstić information content (AvgIpc) is 3.36. The van der Waals surface area contributed by atoms with Crippen LogP contribution in [0.5, 0.6) is 5.75 Å². The van der Waals surface area contributed by atoms with E-state index in [1.54, 1.807) is 0 Å². The number of carbonyl (C=O) groups excluding carboxylic acids is 1. The second kappa shape index (κ2) is 11.1. The monoisotopic (exact) mass is 438 g/mol. The minimum absolute atomic E-state index is 0.228. The van der Waals surface area contributed by atoms with Gasteiger partial charge < -0.3 is 14.8 Å². The molecular weight excluding hydrogens is 400 g/mol. The number of carbonyl (C=O) groups is 1. The van der Waals surface area contributed by atoms with E-state index >= 15 is 0 Å². The number of amides is 1. The number of rotatable bonds is 9. The lowest BCUT2D eigenvalue weighted by Crippen LogP contribution is -2.41. The quantitative estimate of drug-likeness (QED) is 0.499. The molecule has 5 heteroatoms. The molecule has 1 heterocycles. The minimum atomic E-state index is 0.228. The predicted octanol–water partition coefficient (Wildman–Crippen LogP) is 5.86. The van der Waals surface area contributed by atoms with Crippen molar-refractivity contribution in [1.82, 2.24) is 10.3 Å². The van der Waals surface area contributed by atoms with Crippen molar-refractivity contribution >= 4 is 16.8 Å². The summed E-state index contributed by atoms with van der Waals surface area (Å²) >= 11 is 0. The Balaban J connectivity index is 1.33. The van der Waals surface area contributed by atoms with Crippen molar-refractivity contribution in [1.29, 1.82) is 0 Å². The first-order chi connectivity index (χ1) is 15.7. The molecule has 2 aromatic rings. The van der Waals surface area contributed by atoms with Gasteiger partial charge in [-0.3, -0.25) is 4.79 Å². The third-order valence-electron chi connectivity index (χ3n) is 7.12. The van der Waals surface area contributed by atoms with E-state index in [0.29, 0.717) is 12.6 Å². The number of fused-ring (bicyclic) bond motifs is 1. The van der Waals surface area contributed by atoms with Gasteiger partial charge in [0, 0.05) is 22.9 Å². The van der Waals surface area contributed by atoms with Gasteiger partial charge in [0.15, 0.2) is 0 Å². The topological polar surface area (TPSA) is 60.5 Å². The molecule has 1 aromatic heterocycles. The van der Waals surface area contributed by atoms with Crippen LogP contribution < -0.4 is 10.1 Å². The van der Waals surface area contributed by atoms with Gasteiger partial charge >= 0.3 is 0 Å². The SMILES string of the molecule is CCCCOc1c(C)c(CO[C@H]2CC[C@H](NC(=O)C3CCCC3)CC2)nc2ccccc12. The number of nitrogens with one attached hydrogen (secondary N) is 1. The van der Waals surface area contributed by atoms with E-state index in [0.717, 1.165) is 85.9 Å². The number of pyridine rings is 1. The van der Waals surface area contributed by atoms with Crippen LogP contribution >= 0.6 is 0 Å². The average molecular weight is 439 g/mol. The zero-order valence-electron chi connectivity index (χ0n) is 19.7. The van der Waals surface area contributed by atoms with Gasteiger partial charge in [-0.1, -0.05) is 38.3 Å². The third-order valence-corrected chi connectivity index (χ3v) is 7.12. The summed E-state index contributed by atoms with van der Waals surface area (Å²) in [4.78, 5) is 17.3. The largest absolute Gasteiger partial charge is 0.493 e. The van der Waals surface area contributed by atoms with Crippen molar-refractivity contribution in [2.24, 2.45) is 5.92 Å². The Morgan fingerprint density at radius 2 is 1.84 bits per heavy atom. The first kappa shape index (κ1) is 23.0. The normalized spacial score (nSPS) is 21.7. The fourth-order valence-corrected chi connectivity index (χ4v) is 5.05. The highest BCUT2D eigenvalue weighted by Gasteiger charge is 2.28. The van der Waals surface area contributed by atoms with Crippen molar-refractivity contribution < 1.29 is 14.3 Å². The Bertz CT molecular complexity index is 899. The Morgan fingerprint density at radius 1 is 1.09 bits per heavy atom. The van der Waals surface area contributed by atoms with Crippen molar-refractivity contribution in [3.8, 4) is 5.75 Å². The Morgan fingerprint density at radius 3 is 2.59 bits per heavy atom. The molecule has 174 valence electrons. The first-order valence-corrected chi connectivity index (χ1v) is 12.6. The van der Waals surface area contributed by atoms with Crippen LogP contribution in [0.3, 0.4) is 0 Å². The fourth-order valence-electron chi connectivity index (χ4n) is 5.05. The van der Waals surface area contributed by atoms with Gasteiger partial charge in [-0.25, -0.2) is 4.98 Å². The van der Waals surface area contributed by atoms with E-state index in [9.17, 15) is 4.79 Å². The van der Waals surface area contributed by atoms with Crippen LogP contribution in [0.15, 0.2) is 24.3 Å². The second-order valence-electron chi connectivity index (χ2n) is 9.51. The molecule has 0 atom stereocenters. The van der Waals surface area contributed by atoms with Crippen LogP contribution in [0.1, 0.15) is 82.4 Å². The molecule has 0 bridgehead atoms. The highest BCUT2D eigenvalue weighted by molar-refractivity contribution is 5.86. The van der Waals surface area contributed by atoms with E-state index in [4.69, 9.17) is 14.5 Å². The molecule has 0 saturated heterocycles. The summed E-state index contributed by atoms with van der Waals surface area (Å²) in [7, 11) is 0. The summed E-state index contributed by atoms with van der Waals surface area (Å²) in [5, 5.41) is 4.37. The summed E-state index contributed by atoms with van der Waals surface area (Å²) in [6, 6.07) is 8.50. The molecule has 32 heavy (non-hydrogen) atoms. The standard InChI is InChI=1S/C27H38N2O3/c1-3-4-17-31-26-19(2)25(29-24-12-8-7-11-23(24)26)18-32-22-15-13-21(14-16-22)28-27(30)20-9-5-6-10-20/h7-8,11-12,20-22H,3-6,9-10,13-18H2,1-2H3,(H,28,30)/t21-,22-. The van der Waals surface area contributed by atoms with Gasteiger partial charge in [-0.05, 0) is 64.0 Å². The van der Waals surface area contributed by atoms with Crippen LogP contribution in [-0.4, -0.2) is 29.6 Å². The molecule has 4 rings (SSSR count). The molecule has 0 radical (unpaired) electrons. The molecule has 0 aliphatic heterocycles. The molecule has 5 nitrogen and oxygen atoms in total. The number of benzene rings is 1. The maximum absolute atomic E-state index is 12.4. The number of nitrogens with zero attached hydrogens (tertiary/aromatic N) is 1. The number of para-hydroxylation sites is 1. The van der Waals surface area contributed by atoms with E-state index in [1.165, 1.54) is 12.8 Å². The molecule has 0 spiro atoms. The summed E-state index contributed by atoms with van der Waals surface area (Å²) in [5.74, 6) is 1.47. The van der Waals surface area contributed by atoms with Crippen molar-refractivity contribution in [3.05, 3.63) is 35.5 Å². The first-order valence-electron chi connectivity index (χ1n) is 12.6. The van der Waals surface area contributed by atoms with Gasteiger partial charge in [-0.2, -0.15) is 0 Å². The van der Waals surface area contributed by atoms with Crippen LogP contribution in [-0.2, 0) is 16.1 Å². The third kappa shape index (κ3) is 5.61. The maximum Gasteiger partial charge on any atom is 0.223 e. The van der Waals surface area contributed by atoms with Crippen LogP contribution in [0, 0.1) is 12.8 Å². The van der Waals surface area contributed by atoms with Crippen molar-refractivity contribution in [2.45, 2.75) is 96.8 Å². The van der Waals surface area contributed by atoms with Crippen molar-refractivity contribution in [3.63, 3.8) is 0 Å². The predicted molar refractivity (Wildman–Crippen MR) is 128 cm³/mol. The second-order valence-corrected chi connectivity index (χ2v) is 9.51. The van der Waals surface area contributed by atoms with Crippen molar-refractivity contribution in [2.75, 3.05) is 6.61 Å². The summed E-state index contributed by atoms with van der Waals surface area (Å²) in [6.45, 7) is 5.50. The Hall–Kier alpha value is -2.14. The van der Waals surface area contributed by atoms with Gasteiger partial charge in [0.2, 0.25) is 5.91 Å².